The molecule has 1 aromatic heterocycles. The van der Waals surface area contributed by atoms with E-state index in [9.17, 15) is 4.39 Å². The Labute approximate surface area is 147 Å². The molecule has 0 unspecified atom stereocenters. The summed E-state index contributed by atoms with van der Waals surface area (Å²) in [6.07, 6.45) is 1.81. The van der Waals surface area contributed by atoms with Crippen LogP contribution in [-0.2, 0) is 13.1 Å². The van der Waals surface area contributed by atoms with Crippen molar-refractivity contribution in [3.8, 4) is 11.3 Å². The van der Waals surface area contributed by atoms with Crippen molar-refractivity contribution in [2.24, 2.45) is 0 Å². The summed E-state index contributed by atoms with van der Waals surface area (Å²) in [4.78, 5) is 4.36. The van der Waals surface area contributed by atoms with Crippen LogP contribution in [0.4, 0.5) is 4.39 Å². The van der Waals surface area contributed by atoms with Crippen molar-refractivity contribution in [2.75, 3.05) is 13.1 Å². The summed E-state index contributed by atoms with van der Waals surface area (Å²) >= 11 is 0. The second-order valence-corrected chi connectivity index (χ2v) is 5.89. The SMILES string of the molecule is Fc1ccc(CNCCNCc2ccc(-c3ccccn3)cc2)cc1. The van der Waals surface area contributed by atoms with Crippen LogP contribution in [0.5, 0.6) is 0 Å². The molecule has 0 spiro atoms. The second kappa shape index (κ2) is 9.06. The zero-order valence-electron chi connectivity index (χ0n) is 14.1. The van der Waals surface area contributed by atoms with Gasteiger partial charge in [-0.05, 0) is 35.4 Å². The van der Waals surface area contributed by atoms with Crippen molar-refractivity contribution in [1.82, 2.24) is 15.6 Å². The second-order valence-electron chi connectivity index (χ2n) is 5.89. The molecule has 0 radical (unpaired) electrons. The molecule has 0 bridgehead atoms. The first-order valence-electron chi connectivity index (χ1n) is 8.47. The van der Waals surface area contributed by atoms with E-state index < -0.39 is 0 Å². The molecule has 25 heavy (non-hydrogen) atoms. The van der Waals surface area contributed by atoms with Gasteiger partial charge in [0.05, 0.1) is 5.69 Å². The van der Waals surface area contributed by atoms with E-state index in [1.807, 2.05) is 24.4 Å². The van der Waals surface area contributed by atoms with E-state index in [0.717, 1.165) is 43.0 Å². The van der Waals surface area contributed by atoms with Crippen molar-refractivity contribution in [1.29, 1.82) is 0 Å². The monoisotopic (exact) mass is 335 g/mol. The first kappa shape index (κ1) is 17.3. The Morgan fingerprint density at radius 2 is 1.32 bits per heavy atom. The van der Waals surface area contributed by atoms with Crippen LogP contribution in [0.15, 0.2) is 72.9 Å². The van der Waals surface area contributed by atoms with Crippen LogP contribution in [-0.4, -0.2) is 18.1 Å². The lowest BCUT2D eigenvalue weighted by molar-refractivity contribution is 0.607. The number of nitrogens with one attached hydrogen (secondary N) is 2. The molecule has 2 N–H and O–H groups in total. The van der Waals surface area contributed by atoms with Crippen molar-refractivity contribution in [2.45, 2.75) is 13.1 Å². The number of benzene rings is 2. The number of rotatable bonds is 8. The highest BCUT2D eigenvalue weighted by Crippen LogP contribution is 2.16. The summed E-state index contributed by atoms with van der Waals surface area (Å²) < 4.78 is 12.8. The lowest BCUT2D eigenvalue weighted by atomic mass is 10.1. The van der Waals surface area contributed by atoms with Gasteiger partial charge in [0, 0.05) is 37.9 Å². The van der Waals surface area contributed by atoms with Crippen molar-refractivity contribution in [3.63, 3.8) is 0 Å². The fourth-order valence-electron chi connectivity index (χ4n) is 2.57. The number of aromatic nitrogens is 1. The Morgan fingerprint density at radius 3 is 1.88 bits per heavy atom. The molecule has 0 aliphatic heterocycles. The molecule has 0 aliphatic rings. The predicted molar refractivity (Wildman–Crippen MR) is 99.5 cm³/mol. The van der Waals surface area contributed by atoms with Crippen molar-refractivity contribution in [3.05, 3.63) is 89.9 Å². The first-order valence-corrected chi connectivity index (χ1v) is 8.47. The zero-order valence-corrected chi connectivity index (χ0v) is 14.1. The van der Waals surface area contributed by atoms with Gasteiger partial charge in [-0.25, -0.2) is 4.39 Å². The van der Waals surface area contributed by atoms with Crippen LogP contribution >= 0.6 is 0 Å². The van der Waals surface area contributed by atoms with Gasteiger partial charge < -0.3 is 10.6 Å². The summed E-state index contributed by atoms with van der Waals surface area (Å²) in [6.45, 7) is 3.33. The summed E-state index contributed by atoms with van der Waals surface area (Å²) in [5.41, 5.74) is 4.46. The largest absolute Gasteiger partial charge is 0.311 e. The molecule has 128 valence electrons. The average Bonchev–Trinajstić information content (AvgIpc) is 2.67. The molecular weight excluding hydrogens is 313 g/mol. The number of hydrogen-bond acceptors (Lipinski definition) is 3. The van der Waals surface area contributed by atoms with E-state index in [1.54, 1.807) is 12.1 Å². The molecule has 0 amide bonds. The van der Waals surface area contributed by atoms with Crippen LogP contribution < -0.4 is 10.6 Å². The topological polar surface area (TPSA) is 37.0 Å². The Bertz CT molecular complexity index is 755. The minimum Gasteiger partial charge on any atom is -0.311 e. The third-order valence-corrected chi connectivity index (χ3v) is 3.96. The highest BCUT2D eigenvalue weighted by Gasteiger charge is 1.99. The molecule has 1 heterocycles. The van der Waals surface area contributed by atoms with Gasteiger partial charge in [-0.3, -0.25) is 4.98 Å². The Morgan fingerprint density at radius 1 is 0.720 bits per heavy atom. The van der Waals surface area contributed by atoms with Gasteiger partial charge in [-0.1, -0.05) is 42.5 Å². The van der Waals surface area contributed by atoms with Gasteiger partial charge in [0.1, 0.15) is 5.82 Å². The lowest BCUT2D eigenvalue weighted by Gasteiger charge is -2.08. The standard InChI is InChI=1S/C21H22FN3/c22-20-10-6-18(7-11-20)16-24-14-13-23-15-17-4-8-19(9-5-17)21-3-1-2-12-25-21/h1-12,23-24H,13-16H2. The summed E-state index contributed by atoms with van der Waals surface area (Å²) in [5.74, 6) is -0.195. The molecule has 3 rings (SSSR count). The Balaban J connectivity index is 1.35. The molecule has 0 aliphatic carbocycles. The Hall–Kier alpha value is -2.56. The average molecular weight is 335 g/mol. The van der Waals surface area contributed by atoms with Crippen LogP contribution in [0.1, 0.15) is 11.1 Å². The van der Waals surface area contributed by atoms with E-state index in [1.165, 1.54) is 17.7 Å². The normalized spacial score (nSPS) is 10.8. The number of nitrogens with zero attached hydrogens (tertiary/aromatic N) is 1. The fraction of sp³-hybridized carbons (Fsp3) is 0.190. The quantitative estimate of drug-likeness (QED) is 0.615. The number of halogens is 1. The van der Waals surface area contributed by atoms with Gasteiger partial charge >= 0.3 is 0 Å². The maximum atomic E-state index is 12.8. The van der Waals surface area contributed by atoms with Gasteiger partial charge in [-0.15, -0.1) is 0 Å². The molecule has 0 saturated carbocycles. The highest BCUT2D eigenvalue weighted by atomic mass is 19.1. The van der Waals surface area contributed by atoms with Crippen LogP contribution in [0, 0.1) is 5.82 Å². The van der Waals surface area contributed by atoms with E-state index in [4.69, 9.17) is 0 Å². The number of hydrogen-bond donors (Lipinski definition) is 2. The minimum atomic E-state index is -0.195. The molecule has 3 nitrogen and oxygen atoms in total. The first-order chi connectivity index (χ1) is 12.3. The molecule has 0 fully saturated rings. The summed E-state index contributed by atoms with van der Waals surface area (Å²) in [5, 5.41) is 6.76. The van der Waals surface area contributed by atoms with E-state index >= 15 is 0 Å². The lowest BCUT2D eigenvalue weighted by Crippen LogP contribution is -2.26. The van der Waals surface area contributed by atoms with Crippen LogP contribution in [0.25, 0.3) is 11.3 Å². The van der Waals surface area contributed by atoms with Crippen molar-refractivity contribution >= 4 is 0 Å². The van der Waals surface area contributed by atoms with E-state index in [2.05, 4.69) is 39.9 Å². The number of pyridine rings is 1. The van der Waals surface area contributed by atoms with E-state index in [-0.39, 0.29) is 5.82 Å². The third kappa shape index (κ3) is 5.48. The predicted octanol–water partition coefficient (Wildman–Crippen LogP) is 3.77. The van der Waals surface area contributed by atoms with Crippen LogP contribution in [0.3, 0.4) is 0 Å². The molecule has 2 aromatic carbocycles. The molecule has 0 saturated heterocycles. The molecule has 3 aromatic rings. The van der Waals surface area contributed by atoms with Crippen LogP contribution in [0.2, 0.25) is 0 Å². The molecule has 4 heteroatoms. The Kier molecular flexibility index (Phi) is 6.26. The minimum absolute atomic E-state index is 0.195. The van der Waals surface area contributed by atoms with E-state index in [0.29, 0.717) is 0 Å². The fourth-order valence-corrected chi connectivity index (χ4v) is 2.57. The zero-order chi connectivity index (χ0) is 17.3. The highest BCUT2D eigenvalue weighted by molar-refractivity contribution is 5.58. The summed E-state index contributed by atoms with van der Waals surface area (Å²) in [7, 11) is 0. The smallest absolute Gasteiger partial charge is 0.123 e. The maximum absolute atomic E-state index is 12.8. The van der Waals surface area contributed by atoms with Crippen molar-refractivity contribution < 1.29 is 4.39 Å². The van der Waals surface area contributed by atoms with Gasteiger partial charge in [-0.2, -0.15) is 0 Å². The van der Waals surface area contributed by atoms with Gasteiger partial charge in [0.25, 0.3) is 0 Å². The molecular formula is C21H22FN3. The molecule has 0 atom stereocenters. The summed E-state index contributed by atoms with van der Waals surface area (Å²) in [6, 6.07) is 21.0. The van der Waals surface area contributed by atoms with Gasteiger partial charge in [0.2, 0.25) is 0 Å². The van der Waals surface area contributed by atoms with Gasteiger partial charge in [0.15, 0.2) is 0 Å². The third-order valence-electron chi connectivity index (χ3n) is 3.96. The maximum Gasteiger partial charge on any atom is 0.123 e.